The predicted octanol–water partition coefficient (Wildman–Crippen LogP) is 3.65. The maximum atomic E-state index is 9.52. The highest BCUT2D eigenvalue weighted by atomic mass is 16.5. The molecule has 1 saturated heterocycles. The van der Waals surface area contributed by atoms with Gasteiger partial charge in [-0.05, 0) is 48.5 Å². The van der Waals surface area contributed by atoms with Crippen LogP contribution in [0.4, 0.5) is 17.3 Å². The SMILES string of the molecule is N#Cc1cc(-c2ccnc(Nc3ccc(-c4nnco4)cc3)n2)cc(N2CCOCC2)c1. The quantitative estimate of drug-likeness (QED) is 0.512. The fourth-order valence-corrected chi connectivity index (χ4v) is 3.53. The molecule has 5 rings (SSSR count). The van der Waals surface area contributed by atoms with Crippen molar-refractivity contribution in [1.82, 2.24) is 20.2 Å². The van der Waals surface area contributed by atoms with E-state index in [0.717, 1.165) is 41.3 Å². The zero-order valence-corrected chi connectivity index (χ0v) is 17.1. The second-order valence-electron chi connectivity index (χ2n) is 7.19. The van der Waals surface area contributed by atoms with Crippen molar-refractivity contribution in [3.63, 3.8) is 0 Å². The summed E-state index contributed by atoms with van der Waals surface area (Å²) in [6.07, 6.45) is 3.00. The van der Waals surface area contributed by atoms with Crippen LogP contribution < -0.4 is 10.2 Å². The highest BCUT2D eigenvalue weighted by Crippen LogP contribution is 2.27. The summed E-state index contributed by atoms with van der Waals surface area (Å²) in [7, 11) is 0. The fraction of sp³-hybridized carbons (Fsp3) is 0.174. The standard InChI is InChI=1S/C23H19N7O2/c24-14-16-11-18(13-20(12-16)30-7-9-31-10-8-30)21-5-6-25-23(28-21)27-19-3-1-17(2-4-19)22-29-26-15-32-22/h1-6,11-13,15H,7-10H2,(H,25,27,28). The molecule has 1 aliphatic rings. The van der Waals surface area contributed by atoms with E-state index in [4.69, 9.17) is 9.15 Å². The number of hydrogen-bond donors (Lipinski definition) is 1. The average Bonchev–Trinajstić information content (AvgIpc) is 3.40. The molecule has 3 heterocycles. The molecule has 1 N–H and O–H groups in total. The zero-order valence-electron chi connectivity index (χ0n) is 17.1. The first-order valence-electron chi connectivity index (χ1n) is 10.1. The molecular weight excluding hydrogens is 406 g/mol. The van der Waals surface area contributed by atoms with Gasteiger partial charge in [0.05, 0.1) is 30.5 Å². The highest BCUT2D eigenvalue weighted by molar-refractivity contribution is 5.70. The van der Waals surface area contributed by atoms with Crippen LogP contribution in [0, 0.1) is 11.3 Å². The highest BCUT2D eigenvalue weighted by Gasteiger charge is 2.14. The van der Waals surface area contributed by atoms with Gasteiger partial charge in [0.2, 0.25) is 18.2 Å². The number of ether oxygens (including phenoxy) is 1. The molecule has 158 valence electrons. The molecule has 0 bridgehead atoms. The van der Waals surface area contributed by atoms with Crippen LogP contribution in [-0.2, 0) is 4.74 Å². The number of morpholine rings is 1. The minimum atomic E-state index is 0.461. The minimum absolute atomic E-state index is 0.461. The smallest absolute Gasteiger partial charge is 0.247 e. The van der Waals surface area contributed by atoms with Gasteiger partial charge in [0.15, 0.2) is 0 Å². The van der Waals surface area contributed by atoms with Gasteiger partial charge in [0.25, 0.3) is 0 Å². The van der Waals surface area contributed by atoms with Crippen molar-refractivity contribution in [1.29, 1.82) is 5.26 Å². The molecule has 32 heavy (non-hydrogen) atoms. The molecular formula is C23H19N7O2. The van der Waals surface area contributed by atoms with Crippen LogP contribution >= 0.6 is 0 Å². The third-order valence-corrected chi connectivity index (χ3v) is 5.12. The van der Waals surface area contributed by atoms with Crippen LogP contribution in [0.2, 0.25) is 0 Å². The summed E-state index contributed by atoms with van der Waals surface area (Å²) < 4.78 is 10.7. The van der Waals surface area contributed by atoms with Crippen molar-refractivity contribution < 1.29 is 9.15 Å². The van der Waals surface area contributed by atoms with Crippen LogP contribution in [0.15, 0.2) is 65.5 Å². The van der Waals surface area contributed by atoms with Crippen LogP contribution in [0.3, 0.4) is 0 Å². The van der Waals surface area contributed by atoms with E-state index in [9.17, 15) is 5.26 Å². The Morgan fingerprint density at radius 3 is 2.59 bits per heavy atom. The van der Waals surface area contributed by atoms with Gasteiger partial charge in [-0.15, -0.1) is 10.2 Å². The number of nitrogens with zero attached hydrogens (tertiary/aromatic N) is 6. The van der Waals surface area contributed by atoms with E-state index in [1.165, 1.54) is 6.39 Å². The zero-order chi connectivity index (χ0) is 21.8. The summed E-state index contributed by atoms with van der Waals surface area (Å²) in [5.74, 6) is 0.923. The van der Waals surface area contributed by atoms with Gasteiger partial charge in [-0.2, -0.15) is 5.26 Å². The molecule has 0 saturated carbocycles. The Bertz CT molecular complexity index is 1240. The Balaban J connectivity index is 1.39. The molecule has 0 atom stereocenters. The molecule has 2 aromatic heterocycles. The summed E-state index contributed by atoms with van der Waals surface area (Å²) in [6.45, 7) is 2.95. The van der Waals surface area contributed by atoms with Crippen molar-refractivity contribution in [2.75, 3.05) is 36.5 Å². The second kappa shape index (κ2) is 8.83. The molecule has 0 amide bonds. The Morgan fingerprint density at radius 2 is 1.84 bits per heavy atom. The van der Waals surface area contributed by atoms with Crippen LogP contribution in [0.25, 0.3) is 22.7 Å². The number of anilines is 3. The molecule has 2 aromatic carbocycles. The van der Waals surface area contributed by atoms with Crippen molar-refractivity contribution >= 4 is 17.3 Å². The maximum absolute atomic E-state index is 9.52. The van der Waals surface area contributed by atoms with Crippen LogP contribution in [0.5, 0.6) is 0 Å². The average molecular weight is 425 g/mol. The predicted molar refractivity (Wildman–Crippen MR) is 118 cm³/mol. The number of benzene rings is 2. The summed E-state index contributed by atoms with van der Waals surface area (Å²) in [5, 5.41) is 20.3. The summed E-state index contributed by atoms with van der Waals surface area (Å²) >= 11 is 0. The largest absolute Gasteiger partial charge is 0.423 e. The topological polar surface area (TPSA) is 113 Å². The maximum Gasteiger partial charge on any atom is 0.247 e. The fourth-order valence-electron chi connectivity index (χ4n) is 3.53. The van der Waals surface area contributed by atoms with Gasteiger partial charge in [-0.25, -0.2) is 9.97 Å². The van der Waals surface area contributed by atoms with Crippen molar-refractivity contribution in [3.05, 3.63) is 66.7 Å². The van der Waals surface area contributed by atoms with E-state index in [-0.39, 0.29) is 0 Å². The Labute approximate surface area is 184 Å². The van der Waals surface area contributed by atoms with Gasteiger partial charge < -0.3 is 19.4 Å². The molecule has 9 heteroatoms. The molecule has 4 aromatic rings. The van der Waals surface area contributed by atoms with Crippen molar-refractivity contribution in [2.45, 2.75) is 0 Å². The third kappa shape index (κ3) is 4.26. The summed E-state index contributed by atoms with van der Waals surface area (Å²) in [4.78, 5) is 11.2. The first-order valence-corrected chi connectivity index (χ1v) is 10.1. The second-order valence-corrected chi connectivity index (χ2v) is 7.19. The molecule has 1 aliphatic heterocycles. The molecule has 0 spiro atoms. The lowest BCUT2D eigenvalue weighted by atomic mass is 10.1. The molecule has 0 aliphatic carbocycles. The van der Waals surface area contributed by atoms with Gasteiger partial charge in [-0.1, -0.05) is 0 Å². The third-order valence-electron chi connectivity index (χ3n) is 5.12. The Morgan fingerprint density at radius 1 is 1.00 bits per heavy atom. The number of aromatic nitrogens is 4. The van der Waals surface area contributed by atoms with Crippen molar-refractivity contribution in [3.8, 4) is 28.8 Å². The first kappa shape index (κ1) is 19.7. The van der Waals surface area contributed by atoms with E-state index in [1.807, 2.05) is 42.5 Å². The van der Waals surface area contributed by atoms with Crippen LogP contribution in [-0.4, -0.2) is 46.5 Å². The Hall–Kier alpha value is -4.29. The number of nitrogens with one attached hydrogen (secondary N) is 1. The molecule has 0 radical (unpaired) electrons. The first-order chi connectivity index (χ1) is 15.8. The monoisotopic (exact) mass is 425 g/mol. The molecule has 9 nitrogen and oxygen atoms in total. The van der Waals surface area contributed by atoms with Gasteiger partial charge in [0.1, 0.15) is 0 Å². The molecule has 0 unspecified atom stereocenters. The lowest BCUT2D eigenvalue weighted by Gasteiger charge is -2.29. The minimum Gasteiger partial charge on any atom is -0.423 e. The lowest BCUT2D eigenvalue weighted by Crippen LogP contribution is -2.36. The van der Waals surface area contributed by atoms with E-state index in [2.05, 4.69) is 42.5 Å². The number of nitriles is 1. The van der Waals surface area contributed by atoms with Crippen molar-refractivity contribution in [2.24, 2.45) is 0 Å². The van der Waals surface area contributed by atoms with Gasteiger partial charge in [0, 0.05) is 41.8 Å². The van der Waals surface area contributed by atoms with Gasteiger partial charge >= 0.3 is 0 Å². The normalized spacial score (nSPS) is 13.5. The van der Waals surface area contributed by atoms with E-state index >= 15 is 0 Å². The van der Waals surface area contributed by atoms with Crippen LogP contribution in [0.1, 0.15) is 5.56 Å². The number of hydrogen-bond acceptors (Lipinski definition) is 9. The summed E-state index contributed by atoms with van der Waals surface area (Å²) in [6, 6.07) is 17.4. The summed E-state index contributed by atoms with van der Waals surface area (Å²) in [5.41, 5.74) is 4.83. The van der Waals surface area contributed by atoms with Gasteiger partial charge in [-0.3, -0.25) is 0 Å². The molecule has 1 fully saturated rings. The number of rotatable bonds is 5. The van der Waals surface area contributed by atoms with E-state index in [1.54, 1.807) is 6.20 Å². The van der Waals surface area contributed by atoms with E-state index < -0.39 is 0 Å². The lowest BCUT2D eigenvalue weighted by molar-refractivity contribution is 0.122. The Kier molecular flexibility index (Phi) is 5.43. The van der Waals surface area contributed by atoms with E-state index in [0.29, 0.717) is 30.6 Å².